The molecule has 1 aromatic heterocycles. The van der Waals surface area contributed by atoms with E-state index in [1.54, 1.807) is 24.3 Å². The van der Waals surface area contributed by atoms with Crippen LogP contribution in [-0.4, -0.2) is 22.7 Å². The van der Waals surface area contributed by atoms with Crippen molar-refractivity contribution < 1.29 is 13.9 Å². The number of hydrogen-bond donors (Lipinski definition) is 1. The number of rotatable bonds is 6. The highest BCUT2D eigenvalue weighted by atomic mass is 16.5. The monoisotopic (exact) mass is 323 g/mol. The molecule has 1 N–H and O–H groups in total. The van der Waals surface area contributed by atoms with Gasteiger partial charge in [-0.15, -0.1) is 10.2 Å². The van der Waals surface area contributed by atoms with Crippen LogP contribution in [0, 0.1) is 0 Å². The summed E-state index contributed by atoms with van der Waals surface area (Å²) in [7, 11) is 0. The van der Waals surface area contributed by atoms with Gasteiger partial charge in [-0.05, 0) is 48.4 Å². The normalized spacial score (nSPS) is 10.4. The lowest BCUT2D eigenvalue weighted by atomic mass is 10.1. The number of carbonyl (C=O) groups is 1. The summed E-state index contributed by atoms with van der Waals surface area (Å²) in [5.41, 5.74) is 2.78. The van der Waals surface area contributed by atoms with E-state index >= 15 is 0 Å². The third-order valence-corrected chi connectivity index (χ3v) is 3.48. The summed E-state index contributed by atoms with van der Waals surface area (Å²) in [6.07, 6.45) is 2.24. The van der Waals surface area contributed by atoms with E-state index in [4.69, 9.17) is 9.15 Å². The number of nitrogens with zero attached hydrogens (tertiary/aromatic N) is 2. The first-order valence-corrected chi connectivity index (χ1v) is 7.63. The second kappa shape index (κ2) is 7.41. The molecule has 0 radical (unpaired) electrons. The Morgan fingerprint density at radius 3 is 2.50 bits per heavy atom. The van der Waals surface area contributed by atoms with Crippen LogP contribution in [0.4, 0.5) is 5.69 Å². The van der Waals surface area contributed by atoms with E-state index in [0.29, 0.717) is 11.6 Å². The molecule has 0 aliphatic carbocycles. The molecule has 0 aliphatic heterocycles. The summed E-state index contributed by atoms with van der Waals surface area (Å²) < 4.78 is 10.6. The van der Waals surface area contributed by atoms with Crippen molar-refractivity contribution in [2.24, 2.45) is 0 Å². The summed E-state index contributed by atoms with van der Waals surface area (Å²) in [6, 6.07) is 14.9. The molecular formula is C18H17N3O3. The molecule has 0 aliphatic rings. The van der Waals surface area contributed by atoms with Crippen LogP contribution in [0.15, 0.2) is 59.3 Å². The third-order valence-electron chi connectivity index (χ3n) is 3.48. The Morgan fingerprint density at radius 1 is 1.12 bits per heavy atom. The Kier molecular flexibility index (Phi) is 4.86. The van der Waals surface area contributed by atoms with Gasteiger partial charge in [0.25, 0.3) is 5.91 Å². The number of aryl methyl sites for hydroxylation is 1. The van der Waals surface area contributed by atoms with Gasteiger partial charge in [-0.25, -0.2) is 0 Å². The Morgan fingerprint density at radius 2 is 1.88 bits per heavy atom. The predicted octanol–water partition coefficient (Wildman–Crippen LogP) is 3.32. The second-order valence-electron chi connectivity index (χ2n) is 5.16. The van der Waals surface area contributed by atoms with E-state index in [1.165, 1.54) is 12.0 Å². The fourth-order valence-electron chi connectivity index (χ4n) is 2.16. The maximum Gasteiger partial charge on any atom is 0.262 e. The van der Waals surface area contributed by atoms with Gasteiger partial charge < -0.3 is 14.5 Å². The second-order valence-corrected chi connectivity index (χ2v) is 5.16. The molecular weight excluding hydrogens is 306 g/mol. The quantitative estimate of drug-likeness (QED) is 0.753. The molecule has 3 aromatic rings. The molecule has 0 saturated carbocycles. The van der Waals surface area contributed by atoms with Crippen LogP contribution in [0.1, 0.15) is 12.5 Å². The number of anilines is 1. The van der Waals surface area contributed by atoms with Crippen LogP contribution >= 0.6 is 0 Å². The van der Waals surface area contributed by atoms with Gasteiger partial charge in [-0.1, -0.05) is 19.1 Å². The summed E-state index contributed by atoms with van der Waals surface area (Å²) in [5.74, 6) is 0.824. The fourth-order valence-corrected chi connectivity index (χ4v) is 2.16. The van der Waals surface area contributed by atoms with Crippen LogP contribution < -0.4 is 10.1 Å². The highest BCUT2D eigenvalue weighted by molar-refractivity contribution is 5.91. The van der Waals surface area contributed by atoms with Crippen molar-refractivity contribution >= 4 is 11.6 Å². The maximum absolute atomic E-state index is 11.9. The van der Waals surface area contributed by atoms with Gasteiger partial charge >= 0.3 is 0 Å². The Hall–Kier alpha value is -3.15. The van der Waals surface area contributed by atoms with Crippen molar-refractivity contribution in [3.8, 4) is 17.2 Å². The van der Waals surface area contributed by atoms with E-state index in [0.717, 1.165) is 17.7 Å². The number of carbonyl (C=O) groups excluding carboxylic acids is 1. The SMILES string of the molecule is CCc1ccc(NC(=O)COc2ccc(-c3nnco3)cc2)cc1. The average Bonchev–Trinajstić information content (AvgIpc) is 3.16. The average molecular weight is 323 g/mol. The Balaban J connectivity index is 1.52. The van der Waals surface area contributed by atoms with Crippen molar-refractivity contribution in [2.45, 2.75) is 13.3 Å². The van der Waals surface area contributed by atoms with E-state index in [-0.39, 0.29) is 12.5 Å². The highest BCUT2D eigenvalue weighted by Gasteiger charge is 2.06. The van der Waals surface area contributed by atoms with Crippen LogP contribution in [0.2, 0.25) is 0 Å². The van der Waals surface area contributed by atoms with Crippen molar-refractivity contribution in [3.63, 3.8) is 0 Å². The first kappa shape index (κ1) is 15.7. The summed E-state index contributed by atoms with van der Waals surface area (Å²) >= 11 is 0. The number of nitrogens with one attached hydrogen (secondary N) is 1. The summed E-state index contributed by atoms with van der Waals surface area (Å²) in [6.45, 7) is 2.03. The zero-order chi connectivity index (χ0) is 16.8. The van der Waals surface area contributed by atoms with E-state index < -0.39 is 0 Å². The summed E-state index contributed by atoms with van der Waals surface area (Å²) in [4.78, 5) is 11.9. The molecule has 0 spiro atoms. The van der Waals surface area contributed by atoms with Crippen molar-refractivity contribution in [1.29, 1.82) is 0 Å². The van der Waals surface area contributed by atoms with Gasteiger partial charge in [0.15, 0.2) is 6.61 Å². The lowest BCUT2D eigenvalue weighted by Crippen LogP contribution is -2.20. The predicted molar refractivity (Wildman–Crippen MR) is 89.7 cm³/mol. The Labute approximate surface area is 139 Å². The third kappa shape index (κ3) is 3.98. The molecule has 0 saturated heterocycles. The molecule has 0 fully saturated rings. The van der Waals surface area contributed by atoms with Gasteiger partial charge in [0.2, 0.25) is 12.3 Å². The molecule has 1 amide bonds. The minimum Gasteiger partial charge on any atom is -0.484 e. The van der Waals surface area contributed by atoms with Gasteiger partial charge in [-0.2, -0.15) is 0 Å². The number of ether oxygens (including phenoxy) is 1. The Bertz CT molecular complexity index is 781. The van der Waals surface area contributed by atoms with E-state index in [9.17, 15) is 4.79 Å². The van der Waals surface area contributed by atoms with Gasteiger partial charge in [0, 0.05) is 11.3 Å². The number of amides is 1. The molecule has 1 heterocycles. The highest BCUT2D eigenvalue weighted by Crippen LogP contribution is 2.20. The van der Waals surface area contributed by atoms with Crippen LogP contribution in [0.3, 0.4) is 0 Å². The van der Waals surface area contributed by atoms with Crippen molar-refractivity contribution in [3.05, 3.63) is 60.5 Å². The number of benzene rings is 2. The minimum absolute atomic E-state index is 0.0601. The van der Waals surface area contributed by atoms with Crippen LogP contribution in [0.5, 0.6) is 5.75 Å². The lowest BCUT2D eigenvalue weighted by Gasteiger charge is -2.08. The molecule has 24 heavy (non-hydrogen) atoms. The standard InChI is InChI=1S/C18H17N3O3/c1-2-13-3-7-15(8-4-13)20-17(22)11-23-16-9-5-14(6-10-16)18-21-19-12-24-18/h3-10,12H,2,11H2,1H3,(H,20,22). The number of hydrogen-bond acceptors (Lipinski definition) is 5. The smallest absolute Gasteiger partial charge is 0.262 e. The largest absolute Gasteiger partial charge is 0.484 e. The van der Waals surface area contributed by atoms with Gasteiger partial charge in [-0.3, -0.25) is 4.79 Å². The lowest BCUT2D eigenvalue weighted by molar-refractivity contribution is -0.118. The maximum atomic E-state index is 11.9. The summed E-state index contributed by atoms with van der Waals surface area (Å²) in [5, 5.41) is 10.3. The van der Waals surface area contributed by atoms with Crippen molar-refractivity contribution in [2.75, 3.05) is 11.9 Å². The topological polar surface area (TPSA) is 77.2 Å². The molecule has 6 nitrogen and oxygen atoms in total. The van der Waals surface area contributed by atoms with E-state index in [1.807, 2.05) is 24.3 Å². The van der Waals surface area contributed by atoms with Gasteiger partial charge in [0.1, 0.15) is 5.75 Å². The van der Waals surface area contributed by atoms with Crippen LogP contribution in [-0.2, 0) is 11.2 Å². The molecule has 2 aromatic carbocycles. The minimum atomic E-state index is -0.208. The fraction of sp³-hybridized carbons (Fsp3) is 0.167. The van der Waals surface area contributed by atoms with Crippen molar-refractivity contribution in [1.82, 2.24) is 10.2 Å². The van der Waals surface area contributed by atoms with Gasteiger partial charge in [0.05, 0.1) is 0 Å². The zero-order valence-electron chi connectivity index (χ0n) is 13.2. The molecule has 0 bridgehead atoms. The zero-order valence-corrected chi connectivity index (χ0v) is 13.2. The van der Waals surface area contributed by atoms with Crippen LogP contribution in [0.25, 0.3) is 11.5 Å². The van der Waals surface area contributed by atoms with E-state index in [2.05, 4.69) is 22.4 Å². The first-order chi connectivity index (χ1) is 11.7. The number of aromatic nitrogens is 2. The molecule has 6 heteroatoms. The molecule has 122 valence electrons. The first-order valence-electron chi connectivity index (χ1n) is 7.63. The molecule has 0 unspecified atom stereocenters. The molecule has 0 atom stereocenters. The molecule has 3 rings (SSSR count).